The molecule has 1 atom stereocenters. The third-order valence-electron chi connectivity index (χ3n) is 5.39. The quantitative estimate of drug-likeness (QED) is 0.738. The van der Waals surface area contributed by atoms with Crippen molar-refractivity contribution in [3.8, 4) is 5.75 Å². The maximum atomic E-state index is 13.4. The summed E-state index contributed by atoms with van der Waals surface area (Å²) >= 11 is 0. The number of anilines is 1. The van der Waals surface area contributed by atoms with Crippen molar-refractivity contribution in [2.24, 2.45) is 0 Å². The molecule has 0 aliphatic carbocycles. The number of aromatic nitrogens is 1. The van der Waals surface area contributed by atoms with Crippen molar-refractivity contribution in [2.75, 3.05) is 25.1 Å². The lowest BCUT2D eigenvalue weighted by atomic mass is 10.1. The van der Waals surface area contributed by atoms with Gasteiger partial charge in [-0.15, -0.1) is 0 Å². The van der Waals surface area contributed by atoms with Gasteiger partial charge in [0.25, 0.3) is 0 Å². The molecule has 3 aromatic rings. The van der Waals surface area contributed by atoms with E-state index in [1.807, 2.05) is 36.1 Å². The zero-order valence-corrected chi connectivity index (χ0v) is 16.3. The third kappa shape index (κ3) is 3.73. The molecule has 1 N–H and O–H groups in total. The highest BCUT2D eigenvalue weighted by molar-refractivity contribution is 5.97. The van der Waals surface area contributed by atoms with Gasteiger partial charge in [-0.25, -0.2) is 4.39 Å². The number of nitrogens with zero attached hydrogens (tertiary/aromatic N) is 2. The maximum Gasteiger partial charge on any atom is 0.244 e. The standard InChI is InChI=1S/C22H22FN3O3/c1-14-22(28)26(17-4-6-18(29-2)7-5-17)10-9-25(14)13-16-12-21(27)19-11-15(23)3-8-20(19)24-16/h3-8,11-12,14H,9-10,13H2,1-2H3,(H,24,27)/t14-/m0/s1. The number of amides is 1. The number of pyridine rings is 1. The molecule has 2 heterocycles. The lowest BCUT2D eigenvalue weighted by Crippen LogP contribution is -2.55. The number of hydrogen-bond acceptors (Lipinski definition) is 4. The van der Waals surface area contributed by atoms with E-state index in [4.69, 9.17) is 4.74 Å². The Kier molecular flexibility index (Phi) is 5.07. The number of aromatic amines is 1. The van der Waals surface area contributed by atoms with E-state index in [1.165, 1.54) is 18.2 Å². The van der Waals surface area contributed by atoms with Gasteiger partial charge in [0.2, 0.25) is 5.91 Å². The number of piperazine rings is 1. The van der Waals surface area contributed by atoms with Gasteiger partial charge in [0.1, 0.15) is 11.6 Å². The van der Waals surface area contributed by atoms with Crippen LogP contribution in [0.25, 0.3) is 10.9 Å². The molecule has 2 aromatic carbocycles. The van der Waals surface area contributed by atoms with Crippen LogP contribution >= 0.6 is 0 Å². The monoisotopic (exact) mass is 395 g/mol. The van der Waals surface area contributed by atoms with E-state index in [2.05, 4.69) is 4.98 Å². The maximum absolute atomic E-state index is 13.4. The van der Waals surface area contributed by atoms with Gasteiger partial charge < -0.3 is 14.6 Å². The van der Waals surface area contributed by atoms with Crippen LogP contribution in [0.3, 0.4) is 0 Å². The van der Waals surface area contributed by atoms with Crippen LogP contribution in [0.2, 0.25) is 0 Å². The van der Waals surface area contributed by atoms with Crippen LogP contribution in [0.5, 0.6) is 5.75 Å². The predicted molar refractivity (Wildman–Crippen MR) is 110 cm³/mol. The van der Waals surface area contributed by atoms with E-state index >= 15 is 0 Å². The molecule has 29 heavy (non-hydrogen) atoms. The first-order valence-corrected chi connectivity index (χ1v) is 9.47. The number of fused-ring (bicyclic) bond motifs is 1. The minimum atomic E-state index is -0.440. The first-order valence-electron chi connectivity index (χ1n) is 9.47. The highest BCUT2D eigenvalue weighted by Crippen LogP contribution is 2.24. The van der Waals surface area contributed by atoms with Gasteiger partial charge in [0, 0.05) is 48.0 Å². The molecule has 7 heteroatoms. The summed E-state index contributed by atoms with van der Waals surface area (Å²) < 4.78 is 18.6. The summed E-state index contributed by atoms with van der Waals surface area (Å²) in [5, 5.41) is 0.321. The van der Waals surface area contributed by atoms with Crippen LogP contribution in [0.15, 0.2) is 53.3 Å². The van der Waals surface area contributed by atoms with Gasteiger partial charge in [0.15, 0.2) is 5.43 Å². The van der Waals surface area contributed by atoms with Crippen molar-refractivity contribution >= 4 is 22.5 Å². The second kappa shape index (κ2) is 7.67. The van der Waals surface area contributed by atoms with E-state index in [0.717, 1.165) is 11.4 Å². The van der Waals surface area contributed by atoms with Crippen LogP contribution in [-0.2, 0) is 11.3 Å². The Balaban J connectivity index is 1.52. The topological polar surface area (TPSA) is 65.6 Å². The van der Waals surface area contributed by atoms with Gasteiger partial charge >= 0.3 is 0 Å². The molecule has 1 aliphatic rings. The van der Waals surface area contributed by atoms with Crippen LogP contribution in [0, 0.1) is 5.82 Å². The lowest BCUT2D eigenvalue weighted by molar-refractivity contribution is -0.125. The largest absolute Gasteiger partial charge is 0.497 e. The number of nitrogens with one attached hydrogen (secondary N) is 1. The molecular formula is C22H22FN3O3. The van der Waals surface area contributed by atoms with Crippen molar-refractivity contribution in [2.45, 2.75) is 19.5 Å². The molecule has 1 saturated heterocycles. The molecule has 6 nitrogen and oxygen atoms in total. The number of halogens is 1. The second-order valence-corrected chi connectivity index (χ2v) is 7.18. The zero-order valence-electron chi connectivity index (χ0n) is 16.3. The predicted octanol–water partition coefficient (Wildman–Crippen LogP) is 2.91. The van der Waals surface area contributed by atoms with Crippen molar-refractivity contribution < 1.29 is 13.9 Å². The Hall–Kier alpha value is -3.19. The minimum Gasteiger partial charge on any atom is -0.497 e. The average molecular weight is 395 g/mol. The number of ether oxygens (including phenoxy) is 1. The molecule has 1 aromatic heterocycles. The summed E-state index contributed by atoms with van der Waals surface area (Å²) in [5.41, 5.74) is 1.89. The van der Waals surface area contributed by atoms with Crippen molar-refractivity contribution in [3.63, 3.8) is 0 Å². The molecule has 0 spiro atoms. The molecule has 0 unspecified atom stereocenters. The Morgan fingerprint density at radius 1 is 1.10 bits per heavy atom. The van der Waals surface area contributed by atoms with E-state index in [1.54, 1.807) is 18.1 Å². The van der Waals surface area contributed by atoms with Gasteiger partial charge in [-0.3, -0.25) is 14.5 Å². The number of methoxy groups -OCH3 is 1. The zero-order chi connectivity index (χ0) is 20.5. The number of rotatable bonds is 4. The number of hydrogen-bond donors (Lipinski definition) is 1. The summed E-state index contributed by atoms with van der Waals surface area (Å²) in [4.78, 5) is 32.3. The van der Waals surface area contributed by atoms with Crippen molar-refractivity contribution in [3.05, 3.63) is 70.3 Å². The first kappa shape index (κ1) is 19.1. The molecule has 0 radical (unpaired) electrons. The van der Waals surface area contributed by atoms with Crippen LogP contribution in [0.4, 0.5) is 10.1 Å². The highest BCUT2D eigenvalue weighted by Gasteiger charge is 2.32. The lowest BCUT2D eigenvalue weighted by Gasteiger charge is -2.39. The van der Waals surface area contributed by atoms with Gasteiger partial charge in [-0.2, -0.15) is 0 Å². The fourth-order valence-corrected chi connectivity index (χ4v) is 3.73. The Morgan fingerprint density at radius 2 is 1.86 bits per heavy atom. The van der Waals surface area contributed by atoms with E-state index in [0.29, 0.717) is 36.2 Å². The summed E-state index contributed by atoms with van der Waals surface area (Å²) in [5.74, 6) is 0.310. The summed E-state index contributed by atoms with van der Waals surface area (Å²) in [6, 6.07) is 12.7. The van der Waals surface area contributed by atoms with E-state index in [-0.39, 0.29) is 17.4 Å². The fourth-order valence-electron chi connectivity index (χ4n) is 3.73. The first-order chi connectivity index (χ1) is 14.0. The molecule has 1 aliphatic heterocycles. The van der Waals surface area contributed by atoms with Gasteiger partial charge in [-0.1, -0.05) is 0 Å². The summed E-state index contributed by atoms with van der Waals surface area (Å²) in [6.45, 7) is 3.53. The van der Waals surface area contributed by atoms with E-state index in [9.17, 15) is 14.0 Å². The minimum absolute atomic E-state index is 0.00613. The molecule has 1 amide bonds. The number of carbonyl (C=O) groups is 1. The summed E-state index contributed by atoms with van der Waals surface area (Å²) in [6.07, 6.45) is 0. The fraction of sp³-hybridized carbons (Fsp3) is 0.273. The third-order valence-corrected chi connectivity index (χ3v) is 5.39. The number of benzene rings is 2. The Morgan fingerprint density at radius 3 is 2.59 bits per heavy atom. The van der Waals surface area contributed by atoms with Crippen LogP contribution in [0.1, 0.15) is 12.6 Å². The summed E-state index contributed by atoms with van der Waals surface area (Å²) in [7, 11) is 1.61. The smallest absolute Gasteiger partial charge is 0.244 e. The Bertz CT molecular complexity index is 1110. The van der Waals surface area contributed by atoms with Crippen molar-refractivity contribution in [1.82, 2.24) is 9.88 Å². The highest BCUT2D eigenvalue weighted by atomic mass is 19.1. The number of H-pyrrole nitrogens is 1. The molecule has 0 bridgehead atoms. The Labute approximate surface area is 167 Å². The van der Waals surface area contributed by atoms with Gasteiger partial charge in [0.05, 0.1) is 13.2 Å². The number of carbonyl (C=O) groups excluding carboxylic acids is 1. The average Bonchev–Trinajstić information content (AvgIpc) is 2.72. The van der Waals surface area contributed by atoms with Gasteiger partial charge in [-0.05, 0) is 49.4 Å². The molecule has 1 fully saturated rings. The molecule has 4 rings (SSSR count). The van der Waals surface area contributed by atoms with E-state index < -0.39 is 5.82 Å². The SMILES string of the molecule is COc1ccc(N2CCN(Cc3cc(=O)c4cc(F)ccc4[nH]3)[C@@H](C)C2=O)cc1. The second-order valence-electron chi connectivity index (χ2n) is 7.18. The van der Waals surface area contributed by atoms with Crippen LogP contribution in [-0.4, -0.2) is 42.0 Å². The molecule has 0 saturated carbocycles. The van der Waals surface area contributed by atoms with Crippen molar-refractivity contribution in [1.29, 1.82) is 0 Å². The molecular weight excluding hydrogens is 373 g/mol. The normalized spacial score (nSPS) is 17.7. The molecule has 150 valence electrons. The van der Waals surface area contributed by atoms with Crippen LogP contribution < -0.4 is 15.1 Å².